The largest absolute Gasteiger partial charge is 0.241 e. The van der Waals surface area contributed by atoms with Crippen molar-refractivity contribution in [2.24, 2.45) is 0 Å². The number of rotatable bonds is 0. The third-order valence-corrected chi connectivity index (χ3v) is 1.73. The van der Waals surface area contributed by atoms with Gasteiger partial charge in [0.25, 0.3) is 0 Å². The Bertz CT molecular complexity index is 358. The maximum absolute atomic E-state index is 8.54. The maximum Gasteiger partial charge on any atom is 0.140 e. The minimum Gasteiger partial charge on any atom is -0.241 e. The van der Waals surface area contributed by atoms with Gasteiger partial charge in [-0.1, -0.05) is 18.2 Å². The fourth-order valence-corrected chi connectivity index (χ4v) is 1.19. The summed E-state index contributed by atoms with van der Waals surface area (Å²) in [6.07, 6.45) is 4.95. The zero-order valence-electron chi connectivity index (χ0n) is 5.91. The van der Waals surface area contributed by atoms with E-state index in [1.165, 1.54) is 0 Å². The number of nitriles is 1. The molecule has 52 valence electrons. The molecule has 0 fully saturated rings. The van der Waals surface area contributed by atoms with Crippen LogP contribution in [0.5, 0.6) is 0 Å². The average Bonchev–Trinajstić information content (AvgIpc) is 2.50. The van der Waals surface area contributed by atoms with Crippen LogP contribution in [0.3, 0.4) is 0 Å². The van der Waals surface area contributed by atoms with Crippen molar-refractivity contribution in [3.63, 3.8) is 0 Å². The van der Waals surface area contributed by atoms with Gasteiger partial charge in [-0.15, -0.1) is 0 Å². The Morgan fingerprint density at radius 1 is 1.45 bits per heavy atom. The van der Waals surface area contributed by atoms with Gasteiger partial charge in [0, 0.05) is 6.42 Å². The zero-order chi connectivity index (χ0) is 7.68. The Kier molecular flexibility index (Phi) is 1.23. The van der Waals surface area contributed by atoms with E-state index in [0.717, 1.165) is 17.7 Å². The number of hydrogen-bond donors (Lipinski definition) is 0. The van der Waals surface area contributed by atoms with Gasteiger partial charge in [-0.3, -0.25) is 0 Å². The second-order valence-electron chi connectivity index (χ2n) is 2.45. The van der Waals surface area contributed by atoms with Crippen LogP contribution in [0, 0.1) is 11.3 Å². The fourth-order valence-electron chi connectivity index (χ4n) is 1.19. The molecule has 0 saturated carbocycles. The van der Waals surface area contributed by atoms with Gasteiger partial charge >= 0.3 is 0 Å². The van der Waals surface area contributed by atoms with E-state index in [4.69, 9.17) is 5.26 Å². The van der Waals surface area contributed by atoms with Crippen molar-refractivity contribution in [1.82, 2.24) is 4.98 Å². The van der Waals surface area contributed by atoms with Crippen LogP contribution < -0.4 is 0 Å². The second kappa shape index (κ2) is 2.21. The van der Waals surface area contributed by atoms with Crippen LogP contribution in [0.15, 0.2) is 18.2 Å². The summed E-state index contributed by atoms with van der Waals surface area (Å²) in [5.74, 6) is 0. The maximum atomic E-state index is 8.54. The molecule has 1 aliphatic carbocycles. The van der Waals surface area contributed by atoms with Crippen molar-refractivity contribution < 1.29 is 0 Å². The Morgan fingerprint density at radius 3 is 3.18 bits per heavy atom. The molecule has 0 unspecified atom stereocenters. The molecule has 1 aromatic rings. The van der Waals surface area contributed by atoms with Crippen molar-refractivity contribution in [1.29, 1.82) is 5.26 Å². The molecule has 0 aromatic carbocycles. The summed E-state index contributed by atoms with van der Waals surface area (Å²) in [5.41, 5.74) is 2.67. The predicted molar refractivity (Wildman–Crippen MR) is 41.7 cm³/mol. The van der Waals surface area contributed by atoms with Crippen molar-refractivity contribution in [3.8, 4) is 6.07 Å². The van der Waals surface area contributed by atoms with Crippen LogP contribution >= 0.6 is 0 Å². The van der Waals surface area contributed by atoms with Crippen LogP contribution in [-0.2, 0) is 6.42 Å². The van der Waals surface area contributed by atoms with Gasteiger partial charge in [0.15, 0.2) is 0 Å². The third-order valence-electron chi connectivity index (χ3n) is 1.73. The molecular formula is C9H6N2. The lowest BCUT2D eigenvalue weighted by molar-refractivity contribution is 1.11. The molecule has 0 amide bonds. The number of allylic oxidation sites excluding steroid dienone is 1. The molecule has 0 atom stereocenters. The van der Waals surface area contributed by atoms with Gasteiger partial charge in [-0.25, -0.2) is 4.98 Å². The van der Waals surface area contributed by atoms with Crippen LogP contribution in [0.2, 0.25) is 0 Å². The lowest BCUT2D eigenvalue weighted by atomic mass is 10.2. The first kappa shape index (κ1) is 6.11. The highest BCUT2D eigenvalue weighted by Gasteiger charge is 2.05. The first-order valence-corrected chi connectivity index (χ1v) is 3.47. The lowest BCUT2D eigenvalue weighted by Gasteiger charge is -1.95. The quantitative estimate of drug-likeness (QED) is 0.550. The second-order valence-corrected chi connectivity index (χ2v) is 2.45. The summed E-state index contributed by atoms with van der Waals surface area (Å²) < 4.78 is 0. The number of hydrogen-bond acceptors (Lipinski definition) is 2. The van der Waals surface area contributed by atoms with E-state index in [9.17, 15) is 0 Å². The molecule has 11 heavy (non-hydrogen) atoms. The summed E-state index contributed by atoms with van der Waals surface area (Å²) in [7, 11) is 0. The fraction of sp³-hybridized carbons (Fsp3) is 0.111. The van der Waals surface area contributed by atoms with E-state index < -0.39 is 0 Å². The molecule has 1 aliphatic rings. The number of nitrogens with zero attached hydrogens (tertiary/aromatic N) is 2. The van der Waals surface area contributed by atoms with Crippen LogP contribution in [-0.4, -0.2) is 4.98 Å². The van der Waals surface area contributed by atoms with E-state index in [-0.39, 0.29) is 0 Å². The Balaban J connectivity index is 2.56. The van der Waals surface area contributed by atoms with Gasteiger partial charge in [-0.2, -0.15) is 5.26 Å². The summed E-state index contributed by atoms with van der Waals surface area (Å²) in [4.78, 5) is 4.15. The normalized spacial score (nSPS) is 12.6. The molecule has 0 aliphatic heterocycles. The molecule has 0 radical (unpaired) electrons. The van der Waals surface area contributed by atoms with E-state index in [0.29, 0.717) is 5.69 Å². The van der Waals surface area contributed by atoms with Crippen molar-refractivity contribution in [2.75, 3.05) is 0 Å². The van der Waals surface area contributed by atoms with Crippen molar-refractivity contribution >= 4 is 6.08 Å². The zero-order valence-corrected chi connectivity index (χ0v) is 5.91. The standard InChI is InChI=1S/C9H6N2/c10-6-8-5-4-7-2-1-3-9(7)11-8/h1-2,4-5H,3H2. The predicted octanol–water partition coefficient (Wildman–Crippen LogP) is 1.52. The molecule has 0 N–H and O–H groups in total. The van der Waals surface area contributed by atoms with Gasteiger partial charge in [0.2, 0.25) is 0 Å². The minimum absolute atomic E-state index is 0.507. The lowest BCUT2D eigenvalue weighted by Crippen LogP contribution is -1.90. The summed E-state index contributed by atoms with van der Waals surface area (Å²) >= 11 is 0. The topological polar surface area (TPSA) is 36.7 Å². The molecule has 2 heteroatoms. The van der Waals surface area contributed by atoms with Crippen molar-refractivity contribution in [2.45, 2.75) is 6.42 Å². The Labute approximate surface area is 64.8 Å². The highest BCUT2D eigenvalue weighted by atomic mass is 14.7. The molecule has 0 spiro atoms. The molecule has 2 rings (SSSR count). The van der Waals surface area contributed by atoms with E-state index in [1.807, 2.05) is 18.2 Å². The van der Waals surface area contributed by atoms with Gasteiger partial charge < -0.3 is 0 Å². The highest BCUT2D eigenvalue weighted by Crippen LogP contribution is 2.16. The number of aromatic nitrogens is 1. The van der Waals surface area contributed by atoms with E-state index in [2.05, 4.69) is 11.1 Å². The molecule has 0 saturated heterocycles. The summed E-state index contributed by atoms with van der Waals surface area (Å²) in [6.45, 7) is 0. The smallest absolute Gasteiger partial charge is 0.140 e. The number of fused-ring (bicyclic) bond motifs is 1. The minimum atomic E-state index is 0.507. The highest BCUT2D eigenvalue weighted by molar-refractivity contribution is 5.58. The third kappa shape index (κ3) is 0.908. The van der Waals surface area contributed by atoms with E-state index >= 15 is 0 Å². The summed E-state index contributed by atoms with van der Waals surface area (Å²) in [6, 6.07) is 5.70. The van der Waals surface area contributed by atoms with Crippen LogP contribution in [0.1, 0.15) is 17.0 Å². The molecule has 1 aromatic heterocycles. The van der Waals surface area contributed by atoms with Crippen molar-refractivity contribution in [3.05, 3.63) is 35.2 Å². The molecule has 0 bridgehead atoms. The van der Waals surface area contributed by atoms with Gasteiger partial charge in [0.1, 0.15) is 11.8 Å². The SMILES string of the molecule is N#Cc1ccc2c(n1)CC=C2. The van der Waals surface area contributed by atoms with Gasteiger partial charge in [-0.05, 0) is 11.6 Å². The Morgan fingerprint density at radius 2 is 2.36 bits per heavy atom. The molecule has 1 heterocycles. The molecule has 2 nitrogen and oxygen atoms in total. The number of pyridine rings is 1. The Hall–Kier alpha value is -1.62. The van der Waals surface area contributed by atoms with Gasteiger partial charge in [0.05, 0.1) is 5.69 Å². The van der Waals surface area contributed by atoms with Crippen LogP contribution in [0.4, 0.5) is 0 Å². The monoisotopic (exact) mass is 142 g/mol. The van der Waals surface area contributed by atoms with Crippen LogP contribution in [0.25, 0.3) is 6.08 Å². The first-order chi connectivity index (χ1) is 5.40. The summed E-state index contributed by atoms with van der Waals surface area (Å²) in [5, 5.41) is 8.54. The first-order valence-electron chi connectivity index (χ1n) is 3.47. The van der Waals surface area contributed by atoms with E-state index in [1.54, 1.807) is 6.07 Å². The molecular weight excluding hydrogens is 136 g/mol. The average molecular weight is 142 g/mol.